The number of benzene rings is 1. The van der Waals surface area contributed by atoms with Crippen molar-refractivity contribution in [1.82, 2.24) is 0 Å². The van der Waals surface area contributed by atoms with Crippen LogP contribution in [0.3, 0.4) is 0 Å². The second kappa shape index (κ2) is 25.7. The van der Waals surface area contributed by atoms with E-state index in [1.165, 1.54) is 51.4 Å². The quantitative estimate of drug-likeness (QED) is 0.0539. The van der Waals surface area contributed by atoms with Gasteiger partial charge in [-0.1, -0.05) is 76.7 Å². The summed E-state index contributed by atoms with van der Waals surface area (Å²) >= 11 is 0. The largest absolute Gasteiger partial charge is 1.00 e. The number of ether oxygens (including phenoxy) is 2. The second-order valence-corrected chi connectivity index (χ2v) is 11.4. The van der Waals surface area contributed by atoms with E-state index in [2.05, 4.69) is 38.2 Å². The summed E-state index contributed by atoms with van der Waals surface area (Å²) < 4.78 is 45.1. The van der Waals surface area contributed by atoms with E-state index >= 15 is 0 Å². The van der Waals surface area contributed by atoms with Crippen LogP contribution in [0.5, 0.6) is 0 Å². The third kappa shape index (κ3) is 19.9. The molecule has 1 rings (SSSR count). The Morgan fingerprint density at radius 2 is 1.07 bits per heavy atom. The summed E-state index contributed by atoms with van der Waals surface area (Å²) in [4.78, 5) is 24.8. The van der Waals surface area contributed by atoms with Crippen LogP contribution in [0.15, 0.2) is 47.4 Å². The molecule has 0 saturated carbocycles. The van der Waals surface area contributed by atoms with Gasteiger partial charge in [-0.25, -0.2) is 18.0 Å². The van der Waals surface area contributed by atoms with Crippen molar-refractivity contribution in [1.29, 1.82) is 0 Å². The first-order valence-electron chi connectivity index (χ1n) is 15.0. The molecular weight excluding hydrogens is 568 g/mol. The van der Waals surface area contributed by atoms with Crippen LogP contribution in [-0.2, 0) is 19.6 Å². The fourth-order valence-electron chi connectivity index (χ4n) is 4.09. The zero-order chi connectivity index (χ0) is 29.5. The van der Waals surface area contributed by atoms with Crippen molar-refractivity contribution in [3.05, 3.63) is 53.6 Å². The number of esters is 2. The van der Waals surface area contributed by atoms with Crippen LogP contribution >= 0.6 is 0 Å². The molecule has 0 aromatic heterocycles. The molecule has 0 radical (unpaired) electrons. The summed E-state index contributed by atoms with van der Waals surface area (Å²) in [5.41, 5.74) is -0.393. The second-order valence-electron chi connectivity index (χ2n) is 10.1. The molecule has 0 aliphatic rings. The standard InChI is InChI=1S/C32H50O7S.K/c1-3-5-7-9-11-13-15-17-19-21-25-38-31(33)29-24-23-28(40(35,36)37)27-30(29)32(34)39-26-22-20-18-16-14-12-10-8-6-4-2;/h13-16,23-24,27H,3-12,17-22,25-26H2,1-2H3,(H,35,36,37);/q;+1/p-1/b15-13+,16-14+;. The van der Waals surface area contributed by atoms with Crippen molar-refractivity contribution in [3.8, 4) is 0 Å². The van der Waals surface area contributed by atoms with Gasteiger partial charge in [0.2, 0.25) is 0 Å². The molecule has 0 unspecified atom stereocenters. The Labute approximate surface area is 291 Å². The molecule has 9 heteroatoms. The topological polar surface area (TPSA) is 110 Å². The van der Waals surface area contributed by atoms with Crippen molar-refractivity contribution in [2.45, 2.75) is 121 Å². The molecule has 1 aromatic carbocycles. The molecule has 0 amide bonds. The molecule has 41 heavy (non-hydrogen) atoms. The van der Waals surface area contributed by atoms with E-state index in [1.807, 2.05) is 0 Å². The van der Waals surface area contributed by atoms with Gasteiger partial charge in [-0.3, -0.25) is 0 Å². The first kappa shape index (κ1) is 40.2. The Morgan fingerprint density at radius 3 is 1.49 bits per heavy atom. The van der Waals surface area contributed by atoms with Gasteiger partial charge in [0, 0.05) is 0 Å². The van der Waals surface area contributed by atoms with E-state index in [0.717, 1.165) is 56.7 Å². The summed E-state index contributed by atoms with van der Waals surface area (Å²) in [6.07, 6.45) is 25.4. The fourth-order valence-corrected chi connectivity index (χ4v) is 4.59. The van der Waals surface area contributed by atoms with E-state index in [0.29, 0.717) is 12.8 Å². The molecule has 0 spiro atoms. The maximum atomic E-state index is 12.7. The maximum absolute atomic E-state index is 12.7. The van der Waals surface area contributed by atoms with Gasteiger partial charge in [0.25, 0.3) is 0 Å². The van der Waals surface area contributed by atoms with E-state index in [1.54, 1.807) is 0 Å². The Morgan fingerprint density at radius 1 is 0.659 bits per heavy atom. The third-order valence-electron chi connectivity index (χ3n) is 6.50. The Kier molecular flexibility index (Phi) is 25.2. The molecule has 226 valence electrons. The summed E-state index contributed by atoms with van der Waals surface area (Å²) in [5.74, 6) is -1.61. The maximum Gasteiger partial charge on any atom is 1.00 e. The summed E-state index contributed by atoms with van der Waals surface area (Å²) in [6, 6.07) is 3.04. The molecule has 0 saturated heterocycles. The monoisotopic (exact) mass is 616 g/mol. The summed E-state index contributed by atoms with van der Waals surface area (Å²) in [5, 5.41) is 0. The predicted molar refractivity (Wildman–Crippen MR) is 158 cm³/mol. The molecule has 0 N–H and O–H groups in total. The van der Waals surface area contributed by atoms with Crippen LogP contribution in [0.2, 0.25) is 0 Å². The number of hydrogen-bond acceptors (Lipinski definition) is 7. The minimum atomic E-state index is -4.81. The zero-order valence-corrected chi connectivity index (χ0v) is 29.5. The smallest absolute Gasteiger partial charge is 0.744 e. The van der Waals surface area contributed by atoms with Gasteiger partial charge in [0.15, 0.2) is 0 Å². The number of rotatable bonds is 23. The van der Waals surface area contributed by atoms with Crippen molar-refractivity contribution in [2.24, 2.45) is 0 Å². The van der Waals surface area contributed by atoms with Crippen LogP contribution in [0.1, 0.15) is 137 Å². The van der Waals surface area contributed by atoms with Crippen molar-refractivity contribution < 1.29 is 83.4 Å². The average molecular weight is 617 g/mol. The third-order valence-corrected chi connectivity index (χ3v) is 7.33. The average Bonchev–Trinajstić information content (AvgIpc) is 2.93. The van der Waals surface area contributed by atoms with Gasteiger partial charge >= 0.3 is 63.3 Å². The normalized spacial score (nSPS) is 11.6. The molecule has 0 aliphatic heterocycles. The van der Waals surface area contributed by atoms with E-state index in [4.69, 9.17) is 9.47 Å². The Bertz CT molecular complexity index is 1020. The van der Waals surface area contributed by atoms with E-state index in [9.17, 15) is 22.6 Å². The van der Waals surface area contributed by atoms with Crippen LogP contribution in [-0.4, -0.2) is 38.1 Å². The Hall–Kier alpha value is -0.814. The molecule has 0 heterocycles. The van der Waals surface area contributed by atoms with Crippen molar-refractivity contribution in [2.75, 3.05) is 13.2 Å². The minimum absolute atomic E-state index is 0. The van der Waals surface area contributed by atoms with Gasteiger partial charge in [-0.2, -0.15) is 0 Å². The van der Waals surface area contributed by atoms with E-state index < -0.39 is 27.0 Å². The molecule has 7 nitrogen and oxygen atoms in total. The first-order valence-corrected chi connectivity index (χ1v) is 16.5. The Balaban J connectivity index is 0.0000160. The molecule has 0 aliphatic carbocycles. The number of hydrogen-bond donors (Lipinski definition) is 0. The summed E-state index contributed by atoms with van der Waals surface area (Å²) in [7, 11) is -4.81. The zero-order valence-electron chi connectivity index (χ0n) is 25.5. The fraction of sp³-hybridized carbons (Fsp3) is 0.625. The van der Waals surface area contributed by atoms with Crippen LogP contribution < -0.4 is 51.4 Å². The van der Waals surface area contributed by atoms with Crippen LogP contribution in [0.25, 0.3) is 0 Å². The molecule has 0 bridgehead atoms. The minimum Gasteiger partial charge on any atom is -0.744 e. The van der Waals surface area contributed by atoms with Gasteiger partial charge in [0.05, 0.1) is 29.2 Å². The van der Waals surface area contributed by atoms with Gasteiger partial charge < -0.3 is 14.0 Å². The molecular formula is C32H49KO7S. The number of carbonyl (C=O) groups is 2. The number of unbranched alkanes of at least 4 members (excludes halogenated alkanes) is 12. The van der Waals surface area contributed by atoms with Gasteiger partial charge in [0.1, 0.15) is 10.1 Å². The van der Waals surface area contributed by atoms with Crippen LogP contribution in [0.4, 0.5) is 0 Å². The molecule has 1 aromatic rings. The van der Waals surface area contributed by atoms with Crippen molar-refractivity contribution in [3.63, 3.8) is 0 Å². The SMILES string of the molecule is CCCCCC/C=C/CCCCOC(=O)c1ccc(S(=O)(=O)[O-])cc1C(=O)OCCCC/C=C/CCCCCC.[K+]. The summed E-state index contributed by atoms with van der Waals surface area (Å²) in [6.45, 7) is 4.68. The predicted octanol–water partition coefficient (Wildman–Crippen LogP) is 5.30. The van der Waals surface area contributed by atoms with Gasteiger partial charge in [-0.15, -0.1) is 0 Å². The van der Waals surface area contributed by atoms with Crippen molar-refractivity contribution >= 4 is 22.1 Å². The number of allylic oxidation sites excluding steroid dienone is 4. The van der Waals surface area contributed by atoms with Crippen LogP contribution in [0, 0.1) is 0 Å². The molecule has 0 fully saturated rings. The van der Waals surface area contributed by atoms with E-state index in [-0.39, 0.29) is 75.7 Å². The molecule has 0 atom stereocenters. The number of carbonyl (C=O) groups excluding carboxylic acids is 2. The van der Waals surface area contributed by atoms with Gasteiger partial charge in [-0.05, 0) is 82.4 Å². The first-order chi connectivity index (χ1) is 19.3.